The summed E-state index contributed by atoms with van der Waals surface area (Å²) in [4.78, 5) is 10.9. The van der Waals surface area contributed by atoms with Crippen LogP contribution in [0.25, 0.3) is 0 Å². The van der Waals surface area contributed by atoms with Gasteiger partial charge < -0.3 is 15.2 Å². The summed E-state index contributed by atoms with van der Waals surface area (Å²) >= 11 is 12.1. The smallest absolute Gasteiger partial charge is 0.335 e. The summed E-state index contributed by atoms with van der Waals surface area (Å²) in [6.45, 7) is 1.59. The van der Waals surface area contributed by atoms with Gasteiger partial charge in [-0.15, -0.1) is 12.4 Å². The molecule has 0 atom stereocenters. The highest BCUT2D eigenvalue weighted by molar-refractivity contribution is 6.35. The predicted octanol–water partition coefficient (Wildman–Crippen LogP) is 5.98. The minimum atomic E-state index is -0.925. The molecule has 3 aromatic rings. The monoisotopic (exact) mass is 451 g/mol. The van der Waals surface area contributed by atoms with E-state index in [4.69, 9.17) is 33.0 Å². The lowest BCUT2D eigenvalue weighted by Crippen LogP contribution is -2.14. The number of carboxylic acids is 1. The molecule has 0 unspecified atom stereocenters. The van der Waals surface area contributed by atoms with E-state index in [0.29, 0.717) is 29.7 Å². The molecule has 0 aliphatic heterocycles. The normalized spacial score (nSPS) is 10.3. The topological polar surface area (TPSA) is 58.6 Å². The molecule has 3 rings (SSSR count). The highest BCUT2D eigenvalue weighted by Crippen LogP contribution is 2.24. The van der Waals surface area contributed by atoms with Crippen molar-refractivity contribution in [3.63, 3.8) is 0 Å². The van der Waals surface area contributed by atoms with Crippen molar-refractivity contribution < 1.29 is 14.6 Å². The third-order valence-corrected chi connectivity index (χ3v) is 4.80. The fourth-order valence-corrected chi connectivity index (χ4v) is 3.15. The number of benzene rings is 3. The number of carboxylic acid groups (broad SMARTS) is 1. The zero-order chi connectivity index (χ0) is 19.9. The molecule has 3 aromatic carbocycles. The summed E-state index contributed by atoms with van der Waals surface area (Å²) in [6.07, 6.45) is 0. The quantitative estimate of drug-likeness (QED) is 0.441. The van der Waals surface area contributed by atoms with Crippen LogP contribution in [0.5, 0.6) is 5.75 Å². The number of hydrogen-bond acceptors (Lipinski definition) is 3. The molecule has 0 bridgehead atoms. The summed E-state index contributed by atoms with van der Waals surface area (Å²) in [5, 5.41) is 13.5. The molecule has 0 amide bonds. The van der Waals surface area contributed by atoms with Crippen molar-refractivity contribution in [1.82, 2.24) is 5.32 Å². The van der Waals surface area contributed by atoms with Crippen LogP contribution in [-0.2, 0) is 19.7 Å². The number of ether oxygens (including phenoxy) is 1. The summed E-state index contributed by atoms with van der Waals surface area (Å²) in [5.74, 6) is -0.145. The average Bonchev–Trinajstić information content (AvgIpc) is 2.68. The summed E-state index contributed by atoms with van der Waals surface area (Å²) in [5.41, 5.74) is 3.18. The third kappa shape index (κ3) is 6.65. The van der Waals surface area contributed by atoms with Crippen LogP contribution < -0.4 is 10.1 Å². The van der Waals surface area contributed by atoms with Gasteiger partial charge >= 0.3 is 5.97 Å². The first-order chi connectivity index (χ1) is 13.5. The van der Waals surface area contributed by atoms with E-state index in [-0.39, 0.29) is 18.0 Å². The summed E-state index contributed by atoms with van der Waals surface area (Å²) in [7, 11) is 0. The maximum Gasteiger partial charge on any atom is 0.335 e. The zero-order valence-corrected chi connectivity index (χ0v) is 17.7. The molecule has 0 aliphatic carbocycles. The van der Waals surface area contributed by atoms with Crippen LogP contribution in [0.1, 0.15) is 27.0 Å². The standard InChI is InChI=1S/C22H19Cl2NO3.ClH/c23-19-10-9-18(20(24)11-19)14-28-21-4-2-1-3-17(21)13-25-12-15-5-7-16(8-6-15)22(26)27;/h1-11,25H,12-14H2,(H,26,27);1H. The third-order valence-electron chi connectivity index (χ3n) is 4.22. The van der Waals surface area contributed by atoms with Crippen LogP contribution in [0.4, 0.5) is 0 Å². The fourth-order valence-electron chi connectivity index (χ4n) is 2.69. The molecule has 0 heterocycles. The molecule has 7 heteroatoms. The van der Waals surface area contributed by atoms with Gasteiger partial charge in [-0.1, -0.05) is 59.6 Å². The van der Waals surface area contributed by atoms with E-state index in [1.165, 1.54) is 0 Å². The Morgan fingerprint density at radius 1 is 0.931 bits per heavy atom. The van der Waals surface area contributed by atoms with E-state index in [1.807, 2.05) is 30.3 Å². The Kier molecular flexibility index (Phi) is 8.80. The van der Waals surface area contributed by atoms with E-state index < -0.39 is 5.97 Å². The van der Waals surface area contributed by atoms with E-state index in [9.17, 15) is 4.79 Å². The Hall–Kier alpha value is -2.24. The average molecular weight is 453 g/mol. The van der Waals surface area contributed by atoms with Gasteiger partial charge in [0.25, 0.3) is 0 Å². The van der Waals surface area contributed by atoms with Gasteiger partial charge in [-0.25, -0.2) is 4.79 Å². The Morgan fingerprint density at radius 3 is 2.34 bits per heavy atom. The van der Waals surface area contributed by atoms with Crippen LogP contribution in [0.2, 0.25) is 10.0 Å². The lowest BCUT2D eigenvalue weighted by Gasteiger charge is -2.13. The lowest BCUT2D eigenvalue weighted by atomic mass is 10.1. The summed E-state index contributed by atoms with van der Waals surface area (Å²) < 4.78 is 5.96. The molecule has 2 N–H and O–H groups in total. The number of nitrogens with one attached hydrogen (secondary N) is 1. The molecule has 152 valence electrons. The van der Waals surface area contributed by atoms with Crippen molar-refractivity contribution in [1.29, 1.82) is 0 Å². The number of aromatic carboxylic acids is 1. The Labute approximate surface area is 185 Å². The SMILES string of the molecule is Cl.O=C(O)c1ccc(CNCc2ccccc2OCc2ccc(Cl)cc2Cl)cc1. The van der Waals surface area contributed by atoms with Gasteiger partial charge in [0, 0.05) is 34.3 Å². The van der Waals surface area contributed by atoms with E-state index >= 15 is 0 Å². The van der Waals surface area contributed by atoms with Crippen molar-refractivity contribution in [2.75, 3.05) is 0 Å². The lowest BCUT2D eigenvalue weighted by molar-refractivity contribution is 0.0697. The largest absolute Gasteiger partial charge is 0.489 e. The second kappa shape index (κ2) is 11.1. The molecule has 0 spiro atoms. The van der Waals surface area contributed by atoms with E-state index in [2.05, 4.69) is 5.32 Å². The van der Waals surface area contributed by atoms with E-state index in [0.717, 1.165) is 22.4 Å². The van der Waals surface area contributed by atoms with Crippen molar-refractivity contribution in [2.45, 2.75) is 19.7 Å². The van der Waals surface area contributed by atoms with E-state index in [1.54, 1.807) is 36.4 Å². The van der Waals surface area contributed by atoms with Gasteiger partial charge in [0.1, 0.15) is 12.4 Å². The first-order valence-corrected chi connectivity index (χ1v) is 9.46. The molecular formula is C22H20Cl3NO3. The van der Waals surface area contributed by atoms with Gasteiger partial charge in [-0.2, -0.15) is 0 Å². The number of halogens is 3. The molecule has 0 radical (unpaired) electrons. The minimum absolute atomic E-state index is 0. The number of para-hydroxylation sites is 1. The highest BCUT2D eigenvalue weighted by Gasteiger charge is 2.07. The second-order valence-corrected chi connectivity index (χ2v) is 7.08. The van der Waals surface area contributed by atoms with Crippen molar-refractivity contribution >= 4 is 41.6 Å². The molecule has 0 fully saturated rings. The van der Waals surface area contributed by atoms with Crippen molar-refractivity contribution in [2.24, 2.45) is 0 Å². The van der Waals surface area contributed by atoms with Crippen molar-refractivity contribution in [3.8, 4) is 5.75 Å². The van der Waals surface area contributed by atoms with Crippen LogP contribution >= 0.6 is 35.6 Å². The molecule has 0 aromatic heterocycles. The molecular weight excluding hydrogens is 433 g/mol. The highest BCUT2D eigenvalue weighted by atomic mass is 35.5. The zero-order valence-electron chi connectivity index (χ0n) is 15.4. The molecule has 4 nitrogen and oxygen atoms in total. The first-order valence-electron chi connectivity index (χ1n) is 8.70. The van der Waals surface area contributed by atoms with Gasteiger partial charge in [0.15, 0.2) is 0 Å². The predicted molar refractivity (Wildman–Crippen MR) is 118 cm³/mol. The summed E-state index contributed by atoms with van der Waals surface area (Å²) in [6, 6.07) is 20.0. The molecule has 0 saturated heterocycles. The Balaban J connectivity index is 0.00000300. The molecule has 29 heavy (non-hydrogen) atoms. The van der Waals surface area contributed by atoms with Gasteiger partial charge in [0.2, 0.25) is 0 Å². The maximum atomic E-state index is 10.9. The Bertz CT molecular complexity index is 962. The van der Waals surface area contributed by atoms with Crippen LogP contribution in [-0.4, -0.2) is 11.1 Å². The van der Waals surface area contributed by atoms with Crippen LogP contribution in [0, 0.1) is 0 Å². The number of rotatable bonds is 8. The number of carbonyl (C=O) groups is 1. The van der Waals surface area contributed by atoms with Crippen molar-refractivity contribution in [3.05, 3.63) is 99.0 Å². The van der Waals surface area contributed by atoms with Gasteiger partial charge in [0.05, 0.1) is 5.56 Å². The number of hydrogen-bond donors (Lipinski definition) is 2. The molecule has 0 aliphatic rings. The van der Waals surface area contributed by atoms with Gasteiger partial charge in [-0.3, -0.25) is 0 Å². The van der Waals surface area contributed by atoms with Gasteiger partial charge in [-0.05, 0) is 35.9 Å². The van der Waals surface area contributed by atoms with Crippen LogP contribution in [0.15, 0.2) is 66.7 Å². The minimum Gasteiger partial charge on any atom is -0.489 e. The Morgan fingerprint density at radius 2 is 1.66 bits per heavy atom. The second-order valence-electron chi connectivity index (χ2n) is 6.24. The fraction of sp³-hybridized carbons (Fsp3) is 0.136. The van der Waals surface area contributed by atoms with Crippen LogP contribution in [0.3, 0.4) is 0 Å². The molecule has 0 saturated carbocycles. The maximum absolute atomic E-state index is 10.9. The first kappa shape index (κ1) is 23.0.